The maximum absolute atomic E-state index is 11.5. The summed E-state index contributed by atoms with van der Waals surface area (Å²) < 4.78 is 5.26. The number of nitrogens with one attached hydrogen (secondary N) is 2. The molecular weight excluding hydrogens is 336 g/mol. The molecule has 0 amide bonds. The highest BCUT2D eigenvalue weighted by atomic mass is 16.5. The third-order valence-electron chi connectivity index (χ3n) is 4.83. The van der Waals surface area contributed by atoms with E-state index in [1.54, 1.807) is 0 Å². The van der Waals surface area contributed by atoms with Gasteiger partial charge < -0.3 is 15.2 Å². The standard InChI is InChI=1S/C17H20N6O3/c1-10-7-13(23-22-10)20-14-9-19-12(8-18)15(21-14)11-3-5-17(26-2,6-4-11)16(24)25/h7,9,11H,3-6H2,1-2H3,(H,24,25)(H2,20,21,22,23). The van der Waals surface area contributed by atoms with E-state index in [0.29, 0.717) is 43.0 Å². The van der Waals surface area contributed by atoms with E-state index in [2.05, 4.69) is 31.6 Å². The Kier molecular flexibility index (Phi) is 4.86. The van der Waals surface area contributed by atoms with Crippen molar-refractivity contribution in [3.05, 3.63) is 29.3 Å². The smallest absolute Gasteiger partial charge is 0.335 e. The van der Waals surface area contributed by atoms with E-state index in [0.717, 1.165) is 5.69 Å². The molecule has 0 aromatic carbocycles. The van der Waals surface area contributed by atoms with E-state index >= 15 is 0 Å². The van der Waals surface area contributed by atoms with Crippen LogP contribution in [0.25, 0.3) is 0 Å². The van der Waals surface area contributed by atoms with E-state index in [4.69, 9.17) is 4.74 Å². The summed E-state index contributed by atoms with van der Waals surface area (Å²) in [5.41, 5.74) is 0.601. The number of carboxylic acids is 1. The molecule has 0 unspecified atom stereocenters. The quantitative estimate of drug-likeness (QED) is 0.742. The maximum atomic E-state index is 11.5. The number of aryl methyl sites for hydroxylation is 1. The number of ether oxygens (including phenoxy) is 1. The fourth-order valence-corrected chi connectivity index (χ4v) is 3.31. The first-order valence-corrected chi connectivity index (χ1v) is 8.32. The van der Waals surface area contributed by atoms with Gasteiger partial charge in [0.15, 0.2) is 22.9 Å². The molecule has 0 bridgehead atoms. The lowest BCUT2D eigenvalue weighted by molar-refractivity contribution is -0.166. The van der Waals surface area contributed by atoms with Crippen molar-refractivity contribution in [3.63, 3.8) is 0 Å². The number of nitrogens with zero attached hydrogens (tertiary/aromatic N) is 4. The molecule has 2 heterocycles. The summed E-state index contributed by atoms with van der Waals surface area (Å²) in [6, 6.07) is 3.91. The van der Waals surface area contributed by atoms with Crippen LogP contribution < -0.4 is 5.32 Å². The van der Waals surface area contributed by atoms with E-state index < -0.39 is 11.6 Å². The number of aliphatic carboxylic acids is 1. The number of nitriles is 1. The second-order valence-electron chi connectivity index (χ2n) is 6.44. The van der Waals surface area contributed by atoms with Crippen molar-refractivity contribution in [1.29, 1.82) is 5.26 Å². The summed E-state index contributed by atoms with van der Waals surface area (Å²) in [6.07, 6.45) is 3.35. The molecule has 2 aromatic rings. The molecule has 26 heavy (non-hydrogen) atoms. The molecular formula is C17H20N6O3. The summed E-state index contributed by atoms with van der Waals surface area (Å²) >= 11 is 0. The molecule has 0 saturated heterocycles. The zero-order valence-corrected chi connectivity index (χ0v) is 14.6. The van der Waals surface area contributed by atoms with Gasteiger partial charge in [-0.3, -0.25) is 5.10 Å². The molecule has 2 aromatic heterocycles. The zero-order chi connectivity index (χ0) is 18.7. The second-order valence-corrected chi connectivity index (χ2v) is 6.44. The largest absolute Gasteiger partial charge is 0.479 e. The van der Waals surface area contributed by atoms with Crippen molar-refractivity contribution in [1.82, 2.24) is 20.2 Å². The van der Waals surface area contributed by atoms with Gasteiger partial charge in [-0.1, -0.05) is 0 Å². The predicted octanol–water partition coefficient (Wildman–Crippen LogP) is 2.25. The van der Waals surface area contributed by atoms with Crippen LogP contribution >= 0.6 is 0 Å². The van der Waals surface area contributed by atoms with Gasteiger partial charge in [-0.25, -0.2) is 14.8 Å². The van der Waals surface area contributed by atoms with E-state index in [9.17, 15) is 15.2 Å². The van der Waals surface area contributed by atoms with Gasteiger partial charge in [-0.05, 0) is 32.6 Å². The first-order chi connectivity index (χ1) is 12.5. The van der Waals surface area contributed by atoms with Crippen molar-refractivity contribution < 1.29 is 14.6 Å². The molecule has 0 spiro atoms. The highest BCUT2D eigenvalue weighted by Gasteiger charge is 2.43. The molecule has 3 rings (SSSR count). The summed E-state index contributed by atoms with van der Waals surface area (Å²) in [5.74, 6) is 0.115. The lowest BCUT2D eigenvalue weighted by Gasteiger charge is -2.35. The van der Waals surface area contributed by atoms with Crippen LogP contribution in [0, 0.1) is 18.3 Å². The predicted molar refractivity (Wildman–Crippen MR) is 91.9 cm³/mol. The van der Waals surface area contributed by atoms with Crippen LogP contribution in [0.2, 0.25) is 0 Å². The molecule has 1 saturated carbocycles. The Balaban J connectivity index is 1.82. The normalized spacial score (nSPS) is 22.6. The molecule has 1 fully saturated rings. The average molecular weight is 356 g/mol. The molecule has 0 radical (unpaired) electrons. The van der Waals surface area contributed by atoms with Crippen molar-refractivity contribution in [2.45, 2.75) is 44.1 Å². The molecule has 0 atom stereocenters. The molecule has 3 N–H and O–H groups in total. The Morgan fingerprint density at radius 3 is 2.73 bits per heavy atom. The zero-order valence-electron chi connectivity index (χ0n) is 14.6. The van der Waals surface area contributed by atoms with Crippen LogP contribution in [0.5, 0.6) is 0 Å². The fraction of sp³-hybridized carbons (Fsp3) is 0.471. The van der Waals surface area contributed by atoms with Crippen LogP contribution in [0.1, 0.15) is 48.7 Å². The monoisotopic (exact) mass is 356 g/mol. The van der Waals surface area contributed by atoms with Gasteiger partial charge in [0.2, 0.25) is 0 Å². The van der Waals surface area contributed by atoms with E-state index in [-0.39, 0.29) is 11.6 Å². The van der Waals surface area contributed by atoms with Gasteiger partial charge in [-0.15, -0.1) is 0 Å². The molecule has 1 aliphatic carbocycles. The van der Waals surface area contributed by atoms with Crippen LogP contribution in [-0.2, 0) is 9.53 Å². The molecule has 0 aliphatic heterocycles. The molecule has 9 heteroatoms. The minimum Gasteiger partial charge on any atom is -0.479 e. The van der Waals surface area contributed by atoms with Crippen LogP contribution in [0.15, 0.2) is 12.3 Å². The summed E-state index contributed by atoms with van der Waals surface area (Å²) in [4.78, 5) is 20.3. The van der Waals surface area contributed by atoms with Gasteiger partial charge in [-0.2, -0.15) is 10.4 Å². The van der Waals surface area contributed by atoms with Crippen molar-refractivity contribution in [2.24, 2.45) is 0 Å². The van der Waals surface area contributed by atoms with Gasteiger partial charge in [0.05, 0.1) is 11.9 Å². The number of anilines is 2. The third kappa shape index (κ3) is 3.36. The van der Waals surface area contributed by atoms with Gasteiger partial charge >= 0.3 is 5.97 Å². The number of carboxylic acid groups (broad SMARTS) is 1. The summed E-state index contributed by atoms with van der Waals surface area (Å²) in [5, 5.41) is 28.8. The number of hydrogen-bond donors (Lipinski definition) is 3. The molecule has 136 valence electrons. The SMILES string of the molecule is COC1(C(=O)O)CCC(c2nc(Nc3cc(C)[nH]n3)cnc2C#N)CC1. The Labute approximate surface area is 150 Å². The number of carbonyl (C=O) groups is 1. The van der Waals surface area contributed by atoms with E-state index in [1.165, 1.54) is 13.3 Å². The maximum Gasteiger partial charge on any atom is 0.335 e. The third-order valence-corrected chi connectivity index (χ3v) is 4.83. The highest BCUT2D eigenvalue weighted by molar-refractivity contribution is 5.77. The summed E-state index contributed by atoms with van der Waals surface area (Å²) in [6.45, 7) is 1.89. The molecule has 9 nitrogen and oxygen atoms in total. The highest BCUT2D eigenvalue weighted by Crippen LogP contribution is 2.40. The van der Waals surface area contributed by atoms with Gasteiger partial charge in [0.25, 0.3) is 0 Å². The lowest BCUT2D eigenvalue weighted by Crippen LogP contribution is -2.43. The van der Waals surface area contributed by atoms with Crippen LogP contribution in [-0.4, -0.2) is 44.0 Å². The molecule has 1 aliphatic rings. The minimum atomic E-state index is -1.15. The number of rotatable bonds is 5. The second kappa shape index (κ2) is 7.09. The van der Waals surface area contributed by atoms with Crippen LogP contribution in [0.3, 0.4) is 0 Å². The number of methoxy groups -OCH3 is 1. The average Bonchev–Trinajstić information content (AvgIpc) is 3.06. The Bertz CT molecular complexity index is 848. The lowest BCUT2D eigenvalue weighted by atomic mass is 9.77. The van der Waals surface area contributed by atoms with Crippen molar-refractivity contribution in [3.8, 4) is 6.07 Å². The number of aromatic amines is 1. The Hall–Kier alpha value is -2.99. The summed E-state index contributed by atoms with van der Waals surface area (Å²) in [7, 11) is 1.42. The van der Waals surface area contributed by atoms with Crippen LogP contribution in [0.4, 0.5) is 11.6 Å². The fourth-order valence-electron chi connectivity index (χ4n) is 3.31. The van der Waals surface area contributed by atoms with Gasteiger partial charge in [0, 0.05) is 24.8 Å². The van der Waals surface area contributed by atoms with Gasteiger partial charge in [0.1, 0.15) is 6.07 Å². The first-order valence-electron chi connectivity index (χ1n) is 8.32. The number of hydrogen-bond acceptors (Lipinski definition) is 7. The number of aromatic nitrogens is 4. The number of H-pyrrole nitrogens is 1. The first kappa shape index (κ1) is 17.8. The topological polar surface area (TPSA) is 137 Å². The van der Waals surface area contributed by atoms with E-state index in [1.807, 2.05) is 13.0 Å². The Morgan fingerprint density at radius 1 is 1.46 bits per heavy atom. The Morgan fingerprint density at radius 2 is 2.19 bits per heavy atom. The van der Waals surface area contributed by atoms with Crippen molar-refractivity contribution >= 4 is 17.6 Å². The minimum absolute atomic E-state index is 0.0394. The van der Waals surface area contributed by atoms with Crippen molar-refractivity contribution in [2.75, 3.05) is 12.4 Å².